The summed E-state index contributed by atoms with van der Waals surface area (Å²) in [5.41, 5.74) is 5.96. The average Bonchev–Trinajstić information content (AvgIpc) is 2.12. The minimum Gasteiger partial charge on any atom is -0.327 e. The quantitative estimate of drug-likeness (QED) is 0.736. The van der Waals surface area contributed by atoms with Crippen molar-refractivity contribution in [2.75, 3.05) is 13.6 Å². The highest BCUT2D eigenvalue weighted by Gasteiger charge is 2.28. The van der Waals surface area contributed by atoms with Gasteiger partial charge in [-0.3, -0.25) is 0 Å². The standard InChI is InChI=1S/C10H20Cl2N2/c1-14-6-8(13)4-7-2-3-9(11)10(12)5-7/h7-10,14H,2-6,13H2,1H3. The SMILES string of the molecule is CNCC(N)CC1CCC(Cl)C(Cl)C1. The third kappa shape index (κ3) is 3.93. The molecule has 4 heteroatoms. The van der Waals surface area contributed by atoms with Gasteiger partial charge in [-0.25, -0.2) is 0 Å². The molecule has 0 aromatic carbocycles. The zero-order valence-electron chi connectivity index (χ0n) is 8.68. The van der Waals surface area contributed by atoms with Crippen molar-refractivity contribution in [1.82, 2.24) is 5.32 Å². The van der Waals surface area contributed by atoms with E-state index in [1.165, 1.54) is 6.42 Å². The molecule has 4 atom stereocenters. The molecular formula is C10H20Cl2N2. The molecular weight excluding hydrogens is 219 g/mol. The molecule has 4 unspecified atom stereocenters. The Kier molecular flexibility index (Phi) is 5.53. The molecule has 0 saturated heterocycles. The second-order valence-electron chi connectivity index (χ2n) is 4.26. The van der Waals surface area contributed by atoms with Crippen LogP contribution in [-0.2, 0) is 0 Å². The van der Waals surface area contributed by atoms with Gasteiger partial charge in [0.1, 0.15) is 0 Å². The number of hydrogen-bond acceptors (Lipinski definition) is 2. The summed E-state index contributed by atoms with van der Waals surface area (Å²) >= 11 is 12.2. The Morgan fingerprint density at radius 3 is 2.64 bits per heavy atom. The Morgan fingerprint density at radius 2 is 2.07 bits per heavy atom. The van der Waals surface area contributed by atoms with Gasteiger partial charge in [0.15, 0.2) is 0 Å². The predicted molar refractivity (Wildman–Crippen MR) is 63.1 cm³/mol. The molecule has 1 aliphatic carbocycles. The molecule has 0 spiro atoms. The lowest BCUT2D eigenvalue weighted by Gasteiger charge is -2.30. The van der Waals surface area contributed by atoms with Crippen LogP contribution in [0.25, 0.3) is 0 Å². The van der Waals surface area contributed by atoms with Crippen molar-refractivity contribution in [3.05, 3.63) is 0 Å². The molecule has 3 N–H and O–H groups in total. The summed E-state index contributed by atoms with van der Waals surface area (Å²) in [6.07, 6.45) is 4.29. The van der Waals surface area contributed by atoms with Crippen LogP contribution < -0.4 is 11.1 Å². The Morgan fingerprint density at radius 1 is 1.36 bits per heavy atom. The van der Waals surface area contributed by atoms with Crippen LogP contribution in [0, 0.1) is 5.92 Å². The minimum absolute atomic E-state index is 0.136. The Labute approximate surface area is 96.5 Å². The first-order chi connectivity index (χ1) is 6.63. The zero-order chi connectivity index (χ0) is 10.6. The number of alkyl halides is 2. The van der Waals surface area contributed by atoms with Crippen molar-refractivity contribution in [2.45, 2.75) is 42.5 Å². The van der Waals surface area contributed by atoms with E-state index in [1.54, 1.807) is 0 Å². The summed E-state index contributed by atoms with van der Waals surface area (Å²) in [5.74, 6) is 0.663. The maximum absolute atomic E-state index is 6.13. The molecule has 1 saturated carbocycles. The molecule has 1 aliphatic rings. The minimum atomic E-state index is 0.136. The van der Waals surface area contributed by atoms with Crippen LogP contribution in [0.15, 0.2) is 0 Å². The van der Waals surface area contributed by atoms with Gasteiger partial charge in [0.05, 0.1) is 5.38 Å². The second-order valence-corrected chi connectivity index (χ2v) is 5.39. The van der Waals surface area contributed by atoms with E-state index in [2.05, 4.69) is 5.32 Å². The molecule has 1 fully saturated rings. The number of rotatable bonds is 4. The van der Waals surface area contributed by atoms with Gasteiger partial charge in [0, 0.05) is 18.0 Å². The summed E-state index contributed by atoms with van der Waals surface area (Å²) in [5, 5.41) is 3.39. The maximum Gasteiger partial charge on any atom is 0.0502 e. The Hall–Kier alpha value is 0.500. The van der Waals surface area contributed by atoms with E-state index in [-0.39, 0.29) is 16.8 Å². The van der Waals surface area contributed by atoms with E-state index in [9.17, 15) is 0 Å². The van der Waals surface area contributed by atoms with E-state index in [0.717, 1.165) is 25.8 Å². The van der Waals surface area contributed by atoms with E-state index in [0.29, 0.717) is 5.92 Å². The lowest BCUT2D eigenvalue weighted by atomic mass is 9.84. The second kappa shape index (κ2) is 6.16. The predicted octanol–water partition coefficient (Wildman–Crippen LogP) is 1.94. The first-order valence-electron chi connectivity index (χ1n) is 5.31. The van der Waals surface area contributed by atoms with E-state index >= 15 is 0 Å². The third-order valence-corrected chi connectivity index (χ3v) is 4.04. The molecule has 1 rings (SSSR count). The fourth-order valence-electron chi connectivity index (χ4n) is 2.15. The summed E-state index contributed by atoms with van der Waals surface area (Å²) in [6, 6.07) is 0.251. The number of halogens is 2. The largest absolute Gasteiger partial charge is 0.327 e. The van der Waals surface area contributed by atoms with E-state index in [1.807, 2.05) is 7.05 Å². The van der Waals surface area contributed by atoms with Crippen molar-refractivity contribution in [2.24, 2.45) is 11.7 Å². The Bertz CT molecular complexity index is 166. The maximum atomic E-state index is 6.13. The first kappa shape index (κ1) is 12.6. The van der Waals surface area contributed by atoms with Crippen molar-refractivity contribution in [3.63, 3.8) is 0 Å². The zero-order valence-corrected chi connectivity index (χ0v) is 10.2. The van der Waals surface area contributed by atoms with Crippen LogP contribution in [0.5, 0.6) is 0 Å². The van der Waals surface area contributed by atoms with Crippen LogP contribution >= 0.6 is 23.2 Å². The highest BCUT2D eigenvalue weighted by atomic mass is 35.5. The van der Waals surface area contributed by atoms with Crippen LogP contribution in [0.2, 0.25) is 0 Å². The van der Waals surface area contributed by atoms with Gasteiger partial charge in [-0.05, 0) is 38.6 Å². The summed E-state index contributed by atoms with van der Waals surface area (Å²) in [4.78, 5) is 0. The molecule has 0 radical (unpaired) electrons. The normalized spacial score (nSPS) is 35.6. The fraction of sp³-hybridized carbons (Fsp3) is 1.00. The van der Waals surface area contributed by atoms with Gasteiger partial charge in [-0.1, -0.05) is 0 Å². The Balaban J connectivity index is 2.25. The molecule has 14 heavy (non-hydrogen) atoms. The number of hydrogen-bond donors (Lipinski definition) is 2. The molecule has 0 amide bonds. The van der Waals surface area contributed by atoms with Gasteiger partial charge < -0.3 is 11.1 Å². The monoisotopic (exact) mass is 238 g/mol. The van der Waals surface area contributed by atoms with Crippen molar-refractivity contribution in [3.8, 4) is 0 Å². The van der Waals surface area contributed by atoms with Crippen molar-refractivity contribution in [1.29, 1.82) is 0 Å². The smallest absolute Gasteiger partial charge is 0.0502 e. The molecule has 0 bridgehead atoms. The van der Waals surface area contributed by atoms with Crippen molar-refractivity contribution >= 4 is 23.2 Å². The molecule has 0 heterocycles. The lowest BCUT2D eigenvalue weighted by Crippen LogP contribution is -2.36. The highest BCUT2D eigenvalue weighted by molar-refractivity contribution is 6.30. The van der Waals surface area contributed by atoms with Gasteiger partial charge >= 0.3 is 0 Å². The van der Waals surface area contributed by atoms with Crippen LogP contribution in [0.3, 0.4) is 0 Å². The van der Waals surface area contributed by atoms with Crippen LogP contribution in [-0.4, -0.2) is 30.4 Å². The summed E-state index contributed by atoms with van der Waals surface area (Å²) in [6.45, 7) is 0.883. The molecule has 84 valence electrons. The molecule has 0 aromatic heterocycles. The molecule has 0 aromatic rings. The highest BCUT2D eigenvalue weighted by Crippen LogP contribution is 2.33. The third-order valence-electron chi connectivity index (χ3n) is 2.90. The fourth-order valence-corrected chi connectivity index (χ4v) is 2.75. The molecule has 0 aliphatic heterocycles. The van der Waals surface area contributed by atoms with Crippen molar-refractivity contribution < 1.29 is 0 Å². The summed E-state index contributed by atoms with van der Waals surface area (Å²) < 4.78 is 0. The first-order valence-corrected chi connectivity index (χ1v) is 6.19. The molecule has 2 nitrogen and oxygen atoms in total. The summed E-state index contributed by atoms with van der Waals surface area (Å²) in [7, 11) is 1.93. The van der Waals surface area contributed by atoms with Gasteiger partial charge in [0.25, 0.3) is 0 Å². The van der Waals surface area contributed by atoms with Gasteiger partial charge in [-0.15, -0.1) is 23.2 Å². The van der Waals surface area contributed by atoms with E-state index in [4.69, 9.17) is 28.9 Å². The lowest BCUT2D eigenvalue weighted by molar-refractivity contribution is 0.322. The van der Waals surface area contributed by atoms with Gasteiger partial charge in [0.2, 0.25) is 0 Å². The van der Waals surface area contributed by atoms with Crippen LogP contribution in [0.4, 0.5) is 0 Å². The van der Waals surface area contributed by atoms with E-state index < -0.39 is 0 Å². The average molecular weight is 239 g/mol. The number of nitrogens with one attached hydrogen (secondary N) is 1. The number of nitrogens with two attached hydrogens (primary N) is 1. The number of likely N-dealkylation sites (N-methyl/N-ethyl adjacent to an activating group) is 1. The van der Waals surface area contributed by atoms with Gasteiger partial charge in [-0.2, -0.15) is 0 Å². The van der Waals surface area contributed by atoms with Crippen LogP contribution in [0.1, 0.15) is 25.7 Å². The topological polar surface area (TPSA) is 38.0 Å².